The van der Waals surface area contributed by atoms with Gasteiger partial charge < -0.3 is 5.32 Å². The minimum absolute atomic E-state index is 0.823. The lowest BCUT2D eigenvalue weighted by atomic mass is 10.1. The third kappa shape index (κ3) is 1.72. The normalized spacial score (nSPS) is 14.8. The van der Waals surface area contributed by atoms with Crippen LogP contribution in [-0.2, 0) is 19.5 Å². The maximum atomic E-state index is 4.22. The highest BCUT2D eigenvalue weighted by Gasteiger charge is 2.15. The van der Waals surface area contributed by atoms with Crippen LogP contribution >= 0.6 is 0 Å². The van der Waals surface area contributed by atoms with Gasteiger partial charge >= 0.3 is 0 Å². The van der Waals surface area contributed by atoms with Gasteiger partial charge in [-0.25, -0.2) is 4.68 Å². The zero-order chi connectivity index (χ0) is 10.8. The molecule has 82 valence electrons. The molecule has 0 saturated heterocycles. The number of hydrogen-bond acceptors (Lipinski definition) is 3. The minimum atomic E-state index is 0.823. The van der Waals surface area contributed by atoms with Crippen LogP contribution in [-0.4, -0.2) is 21.5 Å². The summed E-state index contributed by atoms with van der Waals surface area (Å²) in [7, 11) is 0. The molecule has 0 amide bonds. The van der Waals surface area contributed by atoms with Crippen molar-refractivity contribution in [1.29, 1.82) is 0 Å². The Morgan fingerprint density at radius 3 is 3.00 bits per heavy atom. The van der Waals surface area contributed by atoms with E-state index in [9.17, 15) is 0 Å². The van der Waals surface area contributed by atoms with Crippen LogP contribution in [0, 0.1) is 0 Å². The maximum absolute atomic E-state index is 4.22. The molecular weight excluding hydrogens is 200 g/mol. The van der Waals surface area contributed by atoms with Crippen LogP contribution < -0.4 is 5.32 Å². The Labute approximate surface area is 94.3 Å². The Bertz CT molecular complexity index is 475. The molecule has 3 rings (SSSR count). The van der Waals surface area contributed by atoms with Crippen molar-refractivity contribution in [2.45, 2.75) is 19.5 Å². The molecule has 0 saturated carbocycles. The second-order valence-corrected chi connectivity index (χ2v) is 4.05. The van der Waals surface area contributed by atoms with Crippen LogP contribution in [0.2, 0.25) is 0 Å². The molecule has 1 aliphatic heterocycles. The average Bonchev–Trinajstić information content (AvgIpc) is 2.74. The molecule has 1 aromatic carbocycles. The van der Waals surface area contributed by atoms with E-state index in [1.54, 1.807) is 0 Å². The van der Waals surface area contributed by atoms with Gasteiger partial charge in [0.05, 0.1) is 17.9 Å². The summed E-state index contributed by atoms with van der Waals surface area (Å²) in [5.41, 5.74) is 3.65. The van der Waals surface area contributed by atoms with Crippen molar-refractivity contribution in [2.24, 2.45) is 0 Å². The van der Waals surface area contributed by atoms with E-state index < -0.39 is 0 Å². The monoisotopic (exact) mass is 214 g/mol. The molecule has 0 unspecified atom stereocenters. The number of aromatic nitrogens is 3. The standard InChI is InChI=1S/C12H14N4/c1-2-4-10(5-3-1)9-16-12-6-7-13-8-11(12)14-15-16/h1-5,13H,6-9H2. The Balaban J connectivity index is 1.88. The summed E-state index contributed by atoms with van der Waals surface area (Å²) >= 11 is 0. The van der Waals surface area contributed by atoms with Gasteiger partial charge in [-0.05, 0) is 5.56 Å². The van der Waals surface area contributed by atoms with Gasteiger partial charge in [0, 0.05) is 19.5 Å². The van der Waals surface area contributed by atoms with E-state index >= 15 is 0 Å². The lowest BCUT2D eigenvalue weighted by Crippen LogP contribution is -2.25. The fraction of sp³-hybridized carbons (Fsp3) is 0.333. The van der Waals surface area contributed by atoms with E-state index in [0.717, 1.165) is 31.7 Å². The lowest BCUT2D eigenvalue weighted by Gasteiger charge is -2.13. The summed E-state index contributed by atoms with van der Waals surface area (Å²) < 4.78 is 2.02. The van der Waals surface area contributed by atoms with Crippen molar-refractivity contribution in [2.75, 3.05) is 6.54 Å². The summed E-state index contributed by atoms with van der Waals surface area (Å²) in [6.07, 6.45) is 1.02. The lowest BCUT2D eigenvalue weighted by molar-refractivity contribution is 0.581. The molecule has 4 heteroatoms. The number of nitrogens with one attached hydrogen (secondary N) is 1. The number of benzene rings is 1. The summed E-state index contributed by atoms with van der Waals surface area (Å²) in [4.78, 5) is 0. The highest BCUT2D eigenvalue weighted by atomic mass is 15.4. The number of fused-ring (bicyclic) bond motifs is 1. The zero-order valence-electron chi connectivity index (χ0n) is 9.06. The van der Waals surface area contributed by atoms with Crippen LogP contribution in [0.25, 0.3) is 0 Å². The number of rotatable bonds is 2. The molecule has 2 heterocycles. The Hall–Kier alpha value is -1.68. The molecule has 0 bridgehead atoms. The van der Waals surface area contributed by atoms with Gasteiger partial charge in [0.1, 0.15) is 0 Å². The Morgan fingerprint density at radius 1 is 1.25 bits per heavy atom. The largest absolute Gasteiger partial charge is 0.311 e. The van der Waals surface area contributed by atoms with Crippen LogP contribution in [0.15, 0.2) is 30.3 Å². The van der Waals surface area contributed by atoms with E-state index in [4.69, 9.17) is 0 Å². The van der Waals surface area contributed by atoms with E-state index in [2.05, 4.69) is 39.9 Å². The molecule has 0 radical (unpaired) electrons. The first-order valence-corrected chi connectivity index (χ1v) is 5.59. The summed E-state index contributed by atoms with van der Waals surface area (Å²) in [6, 6.07) is 10.4. The highest BCUT2D eigenvalue weighted by molar-refractivity contribution is 5.18. The minimum Gasteiger partial charge on any atom is -0.311 e. The zero-order valence-corrected chi connectivity index (χ0v) is 9.06. The topological polar surface area (TPSA) is 42.7 Å². The second kappa shape index (κ2) is 4.06. The van der Waals surface area contributed by atoms with Gasteiger partial charge in [0.25, 0.3) is 0 Å². The molecule has 16 heavy (non-hydrogen) atoms. The van der Waals surface area contributed by atoms with Gasteiger partial charge in [-0.15, -0.1) is 5.10 Å². The van der Waals surface area contributed by atoms with Crippen LogP contribution in [0.4, 0.5) is 0 Å². The van der Waals surface area contributed by atoms with E-state index in [1.165, 1.54) is 11.3 Å². The molecule has 1 aromatic heterocycles. The van der Waals surface area contributed by atoms with Crippen molar-refractivity contribution in [1.82, 2.24) is 20.3 Å². The molecular formula is C12H14N4. The first-order chi connectivity index (χ1) is 7.93. The molecule has 2 aromatic rings. The number of nitrogens with zero attached hydrogens (tertiary/aromatic N) is 3. The van der Waals surface area contributed by atoms with Gasteiger partial charge in [-0.3, -0.25) is 0 Å². The van der Waals surface area contributed by atoms with Gasteiger partial charge in [0.2, 0.25) is 0 Å². The van der Waals surface area contributed by atoms with Crippen LogP contribution in [0.3, 0.4) is 0 Å². The summed E-state index contributed by atoms with van der Waals surface area (Å²) in [5.74, 6) is 0. The molecule has 1 aliphatic rings. The van der Waals surface area contributed by atoms with Crippen molar-refractivity contribution >= 4 is 0 Å². The Morgan fingerprint density at radius 2 is 2.12 bits per heavy atom. The predicted molar refractivity (Wildman–Crippen MR) is 61.0 cm³/mol. The maximum Gasteiger partial charge on any atom is 0.0997 e. The fourth-order valence-corrected chi connectivity index (χ4v) is 2.08. The third-order valence-electron chi connectivity index (χ3n) is 2.92. The fourth-order valence-electron chi connectivity index (χ4n) is 2.08. The summed E-state index contributed by atoms with van der Waals surface area (Å²) in [6.45, 7) is 2.70. The highest BCUT2D eigenvalue weighted by Crippen LogP contribution is 2.12. The van der Waals surface area contributed by atoms with E-state index in [-0.39, 0.29) is 0 Å². The first kappa shape index (κ1) is 9.54. The smallest absolute Gasteiger partial charge is 0.0997 e. The van der Waals surface area contributed by atoms with E-state index in [1.807, 2.05) is 10.7 Å². The summed E-state index contributed by atoms with van der Waals surface area (Å²) in [5, 5.41) is 11.7. The van der Waals surface area contributed by atoms with Gasteiger partial charge in [-0.2, -0.15) is 0 Å². The average molecular weight is 214 g/mol. The van der Waals surface area contributed by atoms with Crippen molar-refractivity contribution < 1.29 is 0 Å². The van der Waals surface area contributed by atoms with Crippen molar-refractivity contribution in [3.05, 3.63) is 47.3 Å². The molecule has 1 N–H and O–H groups in total. The molecule has 4 nitrogen and oxygen atoms in total. The number of hydrogen-bond donors (Lipinski definition) is 1. The van der Waals surface area contributed by atoms with Gasteiger partial charge in [-0.1, -0.05) is 35.5 Å². The SMILES string of the molecule is c1ccc(Cn2nnc3c2CCNC3)cc1. The molecule has 0 atom stereocenters. The van der Waals surface area contributed by atoms with Crippen molar-refractivity contribution in [3.63, 3.8) is 0 Å². The Kier molecular flexibility index (Phi) is 2.42. The quantitative estimate of drug-likeness (QED) is 0.810. The predicted octanol–water partition coefficient (Wildman–Crippen LogP) is 0.972. The third-order valence-corrected chi connectivity index (χ3v) is 2.92. The molecule has 0 spiro atoms. The molecule has 0 aliphatic carbocycles. The second-order valence-electron chi connectivity index (χ2n) is 4.05. The first-order valence-electron chi connectivity index (χ1n) is 5.59. The van der Waals surface area contributed by atoms with Crippen LogP contribution in [0.5, 0.6) is 0 Å². The van der Waals surface area contributed by atoms with Crippen molar-refractivity contribution in [3.8, 4) is 0 Å². The molecule has 0 fully saturated rings. The van der Waals surface area contributed by atoms with Crippen LogP contribution in [0.1, 0.15) is 17.0 Å². The van der Waals surface area contributed by atoms with E-state index in [0.29, 0.717) is 0 Å². The van der Waals surface area contributed by atoms with Gasteiger partial charge in [0.15, 0.2) is 0 Å².